The Morgan fingerprint density at radius 3 is 2.61 bits per heavy atom. The van der Waals surface area contributed by atoms with Crippen LogP contribution in [0.25, 0.3) is 0 Å². The van der Waals surface area contributed by atoms with Crippen LogP contribution in [-0.4, -0.2) is 25.0 Å². The standard InChI is InChI=1S/C11H11ClF3NO2/c1-18-6-8(12)10(17)16-9-5-3-2-4-7(9)11(13,14)15/h2-5,8H,6H2,1H3,(H,16,17). The molecular weight excluding hydrogens is 271 g/mol. The molecule has 1 N–H and O–H groups in total. The first-order chi connectivity index (χ1) is 8.36. The first-order valence-electron chi connectivity index (χ1n) is 4.96. The topological polar surface area (TPSA) is 38.3 Å². The first kappa shape index (κ1) is 14.8. The van der Waals surface area contributed by atoms with Crippen LogP contribution in [0.1, 0.15) is 5.56 Å². The minimum atomic E-state index is -4.53. The van der Waals surface area contributed by atoms with Gasteiger partial charge in [-0.3, -0.25) is 4.79 Å². The lowest BCUT2D eigenvalue weighted by Crippen LogP contribution is -2.28. The highest BCUT2D eigenvalue weighted by atomic mass is 35.5. The monoisotopic (exact) mass is 281 g/mol. The van der Waals surface area contributed by atoms with Gasteiger partial charge in [-0.15, -0.1) is 11.6 Å². The van der Waals surface area contributed by atoms with Gasteiger partial charge in [-0.25, -0.2) is 0 Å². The highest BCUT2D eigenvalue weighted by Gasteiger charge is 2.33. The van der Waals surface area contributed by atoms with Gasteiger partial charge in [0.15, 0.2) is 0 Å². The number of hydrogen-bond acceptors (Lipinski definition) is 2. The molecule has 1 rings (SSSR count). The predicted molar refractivity (Wildman–Crippen MR) is 61.6 cm³/mol. The fraction of sp³-hybridized carbons (Fsp3) is 0.364. The lowest BCUT2D eigenvalue weighted by Gasteiger charge is -2.15. The molecule has 1 aromatic rings. The van der Waals surface area contributed by atoms with E-state index in [1.54, 1.807) is 0 Å². The average Bonchev–Trinajstić information content (AvgIpc) is 2.28. The summed E-state index contributed by atoms with van der Waals surface area (Å²) in [7, 11) is 1.34. The second kappa shape index (κ2) is 6.06. The molecule has 1 aromatic carbocycles. The molecule has 0 saturated heterocycles. The summed E-state index contributed by atoms with van der Waals surface area (Å²) in [5, 5.41) is 1.09. The zero-order valence-corrected chi connectivity index (χ0v) is 10.2. The van der Waals surface area contributed by atoms with Crippen molar-refractivity contribution in [1.82, 2.24) is 0 Å². The van der Waals surface area contributed by atoms with E-state index in [1.807, 2.05) is 0 Å². The Hall–Kier alpha value is -1.27. The SMILES string of the molecule is COCC(Cl)C(=O)Nc1ccccc1C(F)(F)F. The molecule has 0 heterocycles. The van der Waals surface area contributed by atoms with Crippen LogP contribution in [0.3, 0.4) is 0 Å². The lowest BCUT2D eigenvalue weighted by molar-refractivity contribution is -0.137. The third-order valence-electron chi connectivity index (χ3n) is 2.09. The maximum absolute atomic E-state index is 12.6. The molecule has 7 heteroatoms. The smallest absolute Gasteiger partial charge is 0.383 e. The van der Waals surface area contributed by atoms with Gasteiger partial charge in [0.2, 0.25) is 5.91 Å². The number of nitrogens with one attached hydrogen (secondary N) is 1. The number of amides is 1. The van der Waals surface area contributed by atoms with Gasteiger partial charge < -0.3 is 10.1 Å². The molecule has 1 atom stereocenters. The Bertz CT molecular complexity index is 423. The molecule has 0 bridgehead atoms. The van der Waals surface area contributed by atoms with Crippen LogP contribution in [0, 0.1) is 0 Å². The molecule has 0 fully saturated rings. The molecule has 1 amide bonds. The summed E-state index contributed by atoms with van der Waals surface area (Å²) in [6, 6.07) is 4.68. The van der Waals surface area contributed by atoms with Crippen molar-refractivity contribution in [2.45, 2.75) is 11.6 Å². The van der Waals surface area contributed by atoms with Gasteiger partial charge in [-0.1, -0.05) is 12.1 Å². The molecule has 18 heavy (non-hydrogen) atoms. The molecule has 0 aliphatic heterocycles. The normalized spacial score (nSPS) is 13.2. The zero-order valence-electron chi connectivity index (χ0n) is 9.42. The van der Waals surface area contributed by atoms with Crippen LogP contribution in [0.15, 0.2) is 24.3 Å². The van der Waals surface area contributed by atoms with E-state index in [0.29, 0.717) is 0 Å². The van der Waals surface area contributed by atoms with E-state index in [1.165, 1.54) is 19.2 Å². The van der Waals surface area contributed by atoms with Crippen molar-refractivity contribution in [2.24, 2.45) is 0 Å². The van der Waals surface area contributed by atoms with E-state index in [2.05, 4.69) is 10.1 Å². The van der Waals surface area contributed by atoms with Crippen LogP contribution in [0.2, 0.25) is 0 Å². The maximum atomic E-state index is 12.6. The summed E-state index contributed by atoms with van der Waals surface area (Å²) >= 11 is 5.63. The van der Waals surface area contributed by atoms with Crippen molar-refractivity contribution in [3.05, 3.63) is 29.8 Å². The van der Waals surface area contributed by atoms with E-state index < -0.39 is 23.0 Å². The molecule has 100 valence electrons. The number of rotatable bonds is 4. The van der Waals surface area contributed by atoms with Crippen molar-refractivity contribution in [1.29, 1.82) is 0 Å². The second-order valence-electron chi connectivity index (χ2n) is 3.46. The highest BCUT2D eigenvalue weighted by molar-refractivity contribution is 6.32. The summed E-state index contributed by atoms with van der Waals surface area (Å²) in [4.78, 5) is 11.5. The van der Waals surface area contributed by atoms with Gasteiger partial charge in [-0.2, -0.15) is 13.2 Å². The van der Waals surface area contributed by atoms with Gasteiger partial charge in [0.25, 0.3) is 0 Å². The van der Waals surface area contributed by atoms with Gasteiger partial charge in [0.1, 0.15) is 5.38 Å². The van der Waals surface area contributed by atoms with Crippen LogP contribution in [-0.2, 0) is 15.7 Å². The number of ether oxygens (including phenoxy) is 1. The Morgan fingerprint density at radius 2 is 2.06 bits per heavy atom. The van der Waals surface area contributed by atoms with Crippen molar-refractivity contribution in [2.75, 3.05) is 19.0 Å². The minimum Gasteiger partial charge on any atom is -0.383 e. The Morgan fingerprint density at radius 1 is 1.44 bits per heavy atom. The largest absolute Gasteiger partial charge is 0.418 e. The molecule has 0 saturated carbocycles. The van der Waals surface area contributed by atoms with Gasteiger partial charge >= 0.3 is 6.18 Å². The van der Waals surface area contributed by atoms with Gasteiger partial charge in [-0.05, 0) is 12.1 Å². The number of halogens is 4. The number of carbonyl (C=O) groups is 1. The summed E-state index contributed by atoms with van der Waals surface area (Å²) < 4.78 is 42.6. The van der Waals surface area contributed by atoms with E-state index in [-0.39, 0.29) is 12.3 Å². The summed E-state index contributed by atoms with van der Waals surface area (Å²) in [6.45, 7) is -0.0818. The Kier molecular flexibility index (Phi) is 4.98. The second-order valence-corrected chi connectivity index (χ2v) is 3.98. The number of para-hydroxylation sites is 1. The quantitative estimate of drug-likeness (QED) is 0.862. The average molecular weight is 282 g/mol. The number of benzene rings is 1. The molecular formula is C11H11ClF3NO2. The predicted octanol–water partition coefficient (Wildman–Crippen LogP) is 2.90. The van der Waals surface area contributed by atoms with Crippen LogP contribution >= 0.6 is 11.6 Å². The van der Waals surface area contributed by atoms with Crippen LogP contribution < -0.4 is 5.32 Å². The molecule has 0 aliphatic carbocycles. The molecule has 3 nitrogen and oxygen atoms in total. The summed E-state index contributed by atoms with van der Waals surface area (Å²) in [5.41, 5.74) is -1.24. The third kappa shape index (κ3) is 3.89. The molecule has 0 aliphatic rings. The fourth-order valence-electron chi connectivity index (χ4n) is 1.27. The van der Waals surface area contributed by atoms with Gasteiger partial charge in [0, 0.05) is 7.11 Å². The van der Waals surface area contributed by atoms with Crippen LogP contribution in [0.5, 0.6) is 0 Å². The number of methoxy groups -OCH3 is 1. The number of carbonyl (C=O) groups excluding carboxylic acids is 1. The lowest BCUT2D eigenvalue weighted by atomic mass is 10.1. The number of alkyl halides is 4. The first-order valence-corrected chi connectivity index (χ1v) is 5.40. The highest BCUT2D eigenvalue weighted by Crippen LogP contribution is 2.34. The van der Waals surface area contributed by atoms with Crippen molar-refractivity contribution in [3.63, 3.8) is 0 Å². The third-order valence-corrected chi connectivity index (χ3v) is 2.41. The minimum absolute atomic E-state index is 0.0818. The Labute approximate surface area is 107 Å². The number of anilines is 1. The maximum Gasteiger partial charge on any atom is 0.418 e. The van der Waals surface area contributed by atoms with Crippen molar-refractivity contribution >= 4 is 23.2 Å². The summed E-state index contributed by atoms with van der Waals surface area (Å²) in [5.74, 6) is -0.741. The van der Waals surface area contributed by atoms with E-state index >= 15 is 0 Å². The van der Waals surface area contributed by atoms with Gasteiger partial charge in [0.05, 0.1) is 17.9 Å². The molecule has 0 aromatic heterocycles. The summed E-state index contributed by atoms with van der Waals surface area (Å²) in [6.07, 6.45) is -4.53. The van der Waals surface area contributed by atoms with Crippen molar-refractivity contribution in [3.8, 4) is 0 Å². The Balaban J connectivity index is 2.88. The van der Waals surface area contributed by atoms with E-state index in [4.69, 9.17) is 11.6 Å². The molecule has 0 radical (unpaired) electrons. The molecule has 0 spiro atoms. The van der Waals surface area contributed by atoms with E-state index in [0.717, 1.165) is 12.1 Å². The zero-order chi connectivity index (χ0) is 13.8. The number of hydrogen-bond donors (Lipinski definition) is 1. The van der Waals surface area contributed by atoms with Crippen molar-refractivity contribution < 1.29 is 22.7 Å². The van der Waals surface area contributed by atoms with Crippen LogP contribution in [0.4, 0.5) is 18.9 Å². The van der Waals surface area contributed by atoms with E-state index in [9.17, 15) is 18.0 Å². The molecule has 1 unspecified atom stereocenters. The fourth-order valence-corrected chi connectivity index (χ4v) is 1.45.